The van der Waals surface area contributed by atoms with E-state index in [2.05, 4.69) is 31.7 Å². The summed E-state index contributed by atoms with van der Waals surface area (Å²) in [5.74, 6) is 0.304. The second-order valence-electron chi connectivity index (χ2n) is 9.46. The molecule has 0 unspecified atom stereocenters. The second kappa shape index (κ2) is 9.29. The molecule has 37 heavy (non-hydrogen) atoms. The molecule has 1 fully saturated rings. The highest BCUT2D eigenvalue weighted by Crippen LogP contribution is 2.33. The van der Waals surface area contributed by atoms with Crippen LogP contribution in [0.2, 0.25) is 0 Å². The van der Waals surface area contributed by atoms with Crippen molar-refractivity contribution in [1.29, 1.82) is 0 Å². The third-order valence-electron chi connectivity index (χ3n) is 7.03. The number of fused-ring (bicyclic) bond motifs is 1. The molecule has 1 aliphatic rings. The number of aromatic nitrogens is 6. The minimum atomic E-state index is -0.602. The Morgan fingerprint density at radius 2 is 1.84 bits per heavy atom. The zero-order valence-electron chi connectivity index (χ0n) is 20.3. The normalized spacial score (nSPS) is 17.2. The van der Waals surface area contributed by atoms with Crippen LogP contribution in [-0.4, -0.2) is 40.5 Å². The van der Waals surface area contributed by atoms with Crippen molar-refractivity contribution < 1.29 is 9.63 Å². The molecule has 10 nitrogen and oxygen atoms in total. The summed E-state index contributed by atoms with van der Waals surface area (Å²) in [5, 5.41) is 18.1. The smallest absolute Gasteiger partial charge is 0.393 e. The first-order valence-corrected chi connectivity index (χ1v) is 12.4. The van der Waals surface area contributed by atoms with Crippen LogP contribution in [0.5, 0.6) is 0 Å². The van der Waals surface area contributed by atoms with Gasteiger partial charge in [-0.3, -0.25) is 18.9 Å². The number of hydrogen-bond acceptors (Lipinski definition) is 7. The quantitative estimate of drug-likeness (QED) is 0.352. The van der Waals surface area contributed by atoms with Crippen LogP contribution in [-0.2, 0) is 12.8 Å². The highest BCUT2D eigenvalue weighted by Gasteiger charge is 2.33. The molecule has 10 heteroatoms. The van der Waals surface area contributed by atoms with Crippen LogP contribution in [0, 0.1) is 0 Å². The van der Waals surface area contributed by atoms with Crippen LogP contribution in [0.15, 0.2) is 69.0 Å². The van der Waals surface area contributed by atoms with E-state index in [-0.39, 0.29) is 17.7 Å². The molecule has 0 radical (unpaired) electrons. The summed E-state index contributed by atoms with van der Waals surface area (Å²) >= 11 is 0. The van der Waals surface area contributed by atoms with Gasteiger partial charge in [0.05, 0.1) is 11.8 Å². The molecule has 1 aliphatic carbocycles. The molecule has 188 valence electrons. The summed E-state index contributed by atoms with van der Waals surface area (Å²) in [6.45, 7) is 2.08. The zero-order chi connectivity index (χ0) is 25.5. The molecule has 6 rings (SSSR count). The monoisotopic (exact) mass is 498 g/mol. The molecule has 0 bridgehead atoms. The standard InChI is InChI=1S/C27H26N6O4/c1-2-5-23-22(25(35)32(18-13-19(34)14-18)26-28-15-29-33(23)26)12-16-8-10-17(11-9-16)20-6-3-4-7-21(20)24-30-27(36)37-31-24/h3-4,6-11,15,18-19,34H,2,5,12-14H2,1H3,(H,30,31,36). The summed E-state index contributed by atoms with van der Waals surface area (Å²) < 4.78 is 8.18. The van der Waals surface area contributed by atoms with Crippen molar-refractivity contribution in [3.8, 4) is 22.5 Å². The number of nitrogens with zero attached hydrogens (tertiary/aromatic N) is 5. The van der Waals surface area contributed by atoms with E-state index in [9.17, 15) is 14.7 Å². The zero-order valence-corrected chi connectivity index (χ0v) is 20.3. The fourth-order valence-electron chi connectivity index (χ4n) is 5.14. The molecule has 0 amide bonds. The van der Waals surface area contributed by atoms with Crippen molar-refractivity contribution in [3.63, 3.8) is 0 Å². The summed E-state index contributed by atoms with van der Waals surface area (Å²) in [7, 11) is 0. The van der Waals surface area contributed by atoms with Gasteiger partial charge < -0.3 is 5.11 Å². The maximum atomic E-state index is 13.8. The Hall–Kier alpha value is -4.31. The molecule has 2 aromatic carbocycles. The highest BCUT2D eigenvalue weighted by molar-refractivity contribution is 5.80. The van der Waals surface area contributed by atoms with E-state index in [1.165, 1.54) is 6.33 Å². The molecule has 1 saturated carbocycles. The molecule has 0 spiro atoms. The van der Waals surface area contributed by atoms with Crippen LogP contribution in [0.25, 0.3) is 28.3 Å². The molecule has 5 aromatic rings. The first-order valence-electron chi connectivity index (χ1n) is 12.4. The van der Waals surface area contributed by atoms with Crippen molar-refractivity contribution in [3.05, 3.63) is 92.6 Å². The largest absolute Gasteiger partial charge is 0.439 e. The number of aliphatic hydroxyl groups is 1. The number of aryl methyl sites for hydroxylation is 1. The van der Waals surface area contributed by atoms with Gasteiger partial charge in [0.15, 0.2) is 5.82 Å². The van der Waals surface area contributed by atoms with E-state index < -0.39 is 5.76 Å². The van der Waals surface area contributed by atoms with Crippen molar-refractivity contribution in [2.24, 2.45) is 0 Å². The summed E-state index contributed by atoms with van der Waals surface area (Å²) in [6, 6.07) is 15.6. The van der Waals surface area contributed by atoms with E-state index in [0.29, 0.717) is 42.8 Å². The summed E-state index contributed by atoms with van der Waals surface area (Å²) in [4.78, 5) is 32.2. The van der Waals surface area contributed by atoms with Gasteiger partial charge in [0, 0.05) is 23.6 Å². The van der Waals surface area contributed by atoms with Gasteiger partial charge in [-0.15, -0.1) is 0 Å². The number of benzene rings is 2. The Bertz CT molecular complexity index is 1690. The molecule has 2 N–H and O–H groups in total. The van der Waals surface area contributed by atoms with Crippen LogP contribution < -0.4 is 11.3 Å². The third-order valence-corrected chi connectivity index (χ3v) is 7.03. The van der Waals surface area contributed by atoms with Crippen LogP contribution in [0.4, 0.5) is 0 Å². The van der Waals surface area contributed by atoms with Crippen molar-refractivity contribution in [2.75, 3.05) is 0 Å². The Morgan fingerprint density at radius 1 is 1.08 bits per heavy atom. The van der Waals surface area contributed by atoms with Gasteiger partial charge in [0.1, 0.15) is 6.33 Å². The fraction of sp³-hybridized carbons (Fsp3) is 0.296. The van der Waals surface area contributed by atoms with E-state index in [4.69, 9.17) is 0 Å². The number of hydrogen-bond donors (Lipinski definition) is 2. The molecule has 3 heterocycles. The maximum absolute atomic E-state index is 13.8. The summed E-state index contributed by atoms with van der Waals surface area (Å²) in [5.41, 5.74) is 5.11. The van der Waals surface area contributed by atoms with Crippen LogP contribution in [0.3, 0.4) is 0 Å². The van der Waals surface area contributed by atoms with Gasteiger partial charge in [-0.05, 0) is 36.0 Å². The number of H-pyrrole nitrogens is 1. The van der Waals surface area contributed by atoms with Gasteiger partial charge in [-0.1, -0.05) is 67.0 Å². The average Bonchev–Trinajstić information content (AvgIpc) is 3.55. The Kier molecular flexibility index (Phi) is 5.80. The van der Waals surface area contributed by atoms with Gasteiger partial charge >= 0.3 is 5.76 Å². The predicted octanol–water partition coefficient (Wildman–Crippen LogP) is 3.14. The Balaban J connectivity index is 1.38. The minimum absolute atomic E-state index is 0.0646. The third kappa shape index (κ3) is 4.09. The molecule has 0 aliphatic heterocycles. The lowest BCUT2D eigenvalue weighted by molar-refractivity contribution is 0.0481. The van der Waals surface area contributed by atoms with Gasteiger partial charge in [0.2, 0.25) is 5.78 Å². The topological polar surface area (TPSA) is 131 Å². The molecular weight excluding hydrogens is 472 g/mol. The van der Waals surface area contributed by atoms with Crippen LogP contribution in [0.1, 0.15) is 49.0 Å². The summed E-state index contributed by atoms with van der Waals surface area (Å²) in [6.07, 6.45) is 4.21. The van der Waals surface area contributed by atoms with E-state index >= 15 is 0 Å². The van der Waals surface area contributed by atoms with E-state index in [1.54, 1.807) is 9.08 Å². The molecular formula is C27H26N6O4. The SMILES string of the molecule is CCCc1c(Cc2ccc(-c3ccccc3-c3noc(=O)[nH]3)cc2)c(=O)n(C2CC(O)C2)c2ncnn12. The molecule has 0 atom stereocenters. The lowest BCUT2D eigenvalue weighted by Crippen LogP contribution is -2.39. The lowest BCUT2D eigenvalue weighted by atomic mass is 9.89. The Labute approximate surface area is 211 Å². The van der Waals surface area contributed by atoms with E-state index in [1.807, 2.05) is 48.5 Å². The van der Waals surface area contributed by atoms with Crippen molar-refractivity contribution >= 4 is 5.78 Å². The average molecular weight is 499 g/mol. The Morgan fingerprint density at radius 3 is 2.51 bits per heavy atom. The van der Waals surface area contributed by atoms with Gasteiger partial charge in [0.25, 0.3) is 5.56 Å². The number of nitrogens with one attached hydrogen (secondary N) is 1. The maximum Gasteiger partial charge on any atom is 0.439 e. The lowest BCUT2D eigenvalue weighted by Gasteiger charge is -2.33. The first kappa shape index (κ1) is 23.1. The van der Waals surface area contributed by atoms with Gasteiger partial charge in [-0.2, -0.15) is 10.1 Å². The predicted molar refractivity (Wildman–Crippen MR) is 136 cm³/mol. The van der Waals surface area contributed by atoms with E-state index in [0.717, 1.165) is 34.4 Å². The first-order chi connectivity index (χ1) is 18.0. The highest BCUT2D eigenvalue weighted by atomic mass is 16.5. The fourth-order valence-corrected chi connectivity index (χ4v) is 5.14. The van der Waals surface area contributed by atoms with Crippen molar-refractivity contribution in [1.82, 2.24) is 29.3 Å². The number of aliphatic hydroxyl groups excluding tert-OH is 1. The van der Waals surface area contributed by atoms with Crippen molar-refractivity contribution in [2.45, 2.75) is 51.2 Å². The van der Waals surface area contributed by atoms with Gasteiger partial charge in [-0.25, -0.2) is 9.31 Å². The second-order valence-corrected chi connectivity index (χ2v) is 9.46. The number of aromatic amines is 1. The molecule has 0 saturated heterocycles. The van der Waals surface area contributed by atoms with Crippen LogP contribution >= 0.6 is 0 Å². The number of rotatable bonds is 7. The molecule has 3 aromatic heterocycles. The minimum Gasteiger partial charge on any atom is -0.393 e.